The van der Waals surface area contributed by atoms with Gasteiger partial charge < -0.3 is 9.30 Å². The molecule has 1 atom stereocenters. The van der Waals surface area contributed by atoms with Crippen molar-refractivity contribution < 1.29 is 14.7 Å². The molecule has 11 heteroatoms. The predicted octanol–water partition coefficient (Wildman–Crippen LogP) is 6.59. The summed E-state index contributed by atoms with van der Waals surface area (Å²) < 4.78 is 8.71. The highest BCUT2D eigenvalue weighted by Gasteiger charge is 2.20. The number of imidazole rings is 1. The van der Waals surface area contributed by atoms with Crippen molar-refractivity contribution in [2.75, 3.05) is 0 Å². The Bertz CT molecular complexity index is 1240. The molecule has 160 valence electrons. The summed E-state index contributed by atoms with van der Waals surface area (Å²) >= 11 is 20.3. The van der Waals surface area contributed by atoms with Gasteiger partial charge in [-0.05, 0) is 34.5 Å². The van der Waals surface area contributed by atoms with Gasteiger partial charge in [-0.3, -0.25) is 0 Å². The topological polar surface area (TPSA) is 79.4 Å². The molecule has 0 N–H and O–H groups in total. The lowest BCUT2D eigenvalue weighted by Gasteiger charge is -2.21. The summed E-state index contributed by atoms with van der Waals surface area (Å²) in [5, 5.41) is 14.5. The number of benzene rings is 2. The van der Waals surface area contributed by atoms with E-state index in [9.17, 15) is 10.1 Å². The number of ether oxygens (including phenoxy) is 1. The van der Waals surface area contributed by atoms with Gasteiger partial charge in [0.1, 0.15) is 6.10 Å². The highest BCUT2D eigenvalue weighted by atomic mass is 35.5. The molecule has 0 spiro atoms. The van der Waals surface area contributed by atoms with Gasteiger partial charge in [-0.2, -0.15) is 0 Å². The number of fused-ring (bicyclic) bond motifs is 1. The number of halogens is 3. The zero-order valence-electron chi connectivity index (χ0n) is 15.7. The Morgan fingerprint density at radius 2 is 2.03 bits per heavy atom. The Labute approximate surface area is 195 Å². The van der Waals surface area contributed by atoms with Gasteiger partial charge in [-0.15, -0.1) is 21.5 Å². The number of hydrogen-bond donors (Lipinski definition) is 0. The Morgan fingerprint density at radius 3 is 2.81 bits per heavy atom. The van der Waals surface area contributed by atoms with Crippen LogP contribution in [0.5, 0.6) is 6.01 Å². The lowest BCUT2D eigenvalue weighted by molar-refractivity contribution is -0.713. The van der Waals surface area contributed by atoms with E-state index in [1.165, 1.54) is 10.8 Å². The molecule has 2 aromatic heterocycles. The molecule has 0 unspecified atom stereocenters. The maximum Gasteiger partial charge on any atom is 0.302 e. The van der Waals surface area contributed by atoms with Crippen molar-refractivity contribution in [3.05, 3.63) is 90.5 Å². The smallest absolute Gasteiger partial charge is 0.302 e. The zero-order valence-corrected chi connectivity index (χ0v) is 18.8. The minimum Gasteiger partial charge on any atom is -0.367 e. The van der Waals surface area contributed by atoms with E-state index in [0.29, 0.717) is 20.6 Å². The molecular weight excluding hydrogens is 485 g/mol. The Hall–Kier alpha value is -2.36. The van der Waals surface area contributed by atoms with E-state index in [2.05, 4.69) is 9.82 Å². The quantitative estimate of drug-likeness (QED) is 0.202. The number of hydrogen-bond acceptors (Lipinski definition) is 6. The third-order valence-electron chi connectivity index (χ3n) is 4.58. The molecule has 0 aliphatic carbocycles. The molecule has 0 fully saturated rings. The van der Waals surface area contributed by atoms with Crippen LogP contribution in [0.4, 0.5) is 0 Å². The summed E-state index contributed by atoms with van der Waals surface area (Å²) in [6, 6.07) is 10.7. The normalized spacial score (nSPS) is 12.2. The van der Waals surface area contributed by atoms with Crippen LogP contribution in [0.2, 0.25) is 15.1 Å². The van der Waals surface area contributed by atoms with Gasteiger partial charge in [0.25, 0.3) is 6.01 Å². The second kappa shape index (κ2) is 9.42. The van der Waals surface area contributed by atoms with E-state index < -0.39 is 11.2 Å². The first-order chi connectivity index (χ1) is 14.9. The average molecular weight is 499 g/mol. The molecule has 0 saturated heterocycles. The van der Waals surface area contributed by atoms with Crippen LogP contribution >= 0.6 is 46.1 Å². The number of nitrogens with zero attached hydrogens (tertiary/aromatic N) is 3. The van der Waals surface area contributed by atoms with Crippen molar-refractivity contribution in [1.29, 1.82) is 0 Å². The Morgan fingerprint density at radius 1 is 1.19 bits per heavy atom. The molecule has 0 aliphatic heterocycles. The molecule has 31 heavy (non-hydrogen) atoms. The summed E-state index contributed by atoms with van der Waals surface area (Å²) in [6.45, 7) is 0.470. The molecule has 7 nitrogen and oxygen atoms in total. The largest absolute Gasteiger partial charge is 0.367 e. The monoisotopic (exact) mass is 497 g/mol. The van der Waals surface area contributed by atoms with Crippen LogP contribution < -0.4 is 4.84 Å². The highest BCUT2D eigenvalue weighted by molar-refractivity contribution is 7.18. The fourth-order valence-corrected chi connectivity index (χ4v) is 4.96. The van der Waals surface area contributed by atoms with Crippen LogP contribution in [0.3, 0.4) is 0 Å². The maximum absolute atomic E-state index is 10.8. The van der Waals surface area contributed by atoms with Gasteiger partial charge in [0.2, 0.25) is 0 Å². The third kappa shape index (κ3) is 4.94. The van der Waals surface area contributed by atoms with Crippen LogP contribution in [0.15, 0.2) is 54.2 Å². The first-order valence-electron chi connectivity index (χ1n) is 8.97. The van der Waals surface area contributed by atoms with E-state index in [1.54, 1.807) is 35.7 Å². The molecule has 0 saturated carbocycles. The molecular formula is C20H14Cl3N3O4S. The molecule has 2 heterocycles. The third-order valence-corrected chi connectivity index (χ3v) is 6.64. The maximum atomic E-state index is 10.8. The SMILES string of the molecule is O=[N+]([O-])Oc1nccn1C[C@@H](OCc1csc2c(Cl)cccc12)c1ccc(Cl)cc1Cl. The van der Waals surface area contributed by atoms with Gasteiger partial charge in [0, 0.05) is 28.0 Å². The van der Waals surface area contributed by atoms with Gasteiger partial charge in [-0.1, -0.05) is 53.0 Å². The molecule has 0 bridgehead atoms. The van der Waals surface area contributed by atoms with Crippen molar-refractivity contribution in [1.82, 2.24) is 9.55 Å². The van der Waals surface area contributed by atoms with Crippen molar-refractivity contribution in [3.63, 3.8) is 0 Å². The van der Waals surface area contributed by atoms with Crippen LogP contribution in [0.1, 0.15) is 17.2 Å². The number of thiophene rings is 1. The van der Waals surface area contributed by atoms with Crippen molar-refractivity contribution in [2.24, 2.45) is 0 Å². The van der Waals surface area contributed by atoms with E-state index in [4.69, 9.17) is 39.5 Å². The number of aromatic nitrogens is 2. The minimum absolute atomic E-state index is 0.156. The molecule has 0 amide bonds. The molecule has 4 aromatic rings. The molecule has 2 aromatic carbocycles. The van der Waals surface area contributed by atoms with Gasteiger partial charge in [0.15, 0.2) is 0 Å². The first kappa shape index (κ1) is 21.9. The van der Waals surface area contributed by atoms with Gasteiger partial charge in [0.05, 0.1) is 22.9 Å². The molecule has 0 aliphatic rings. The first-order valence-corrected chi connectivity index (χ1v) is 11.0. The van der Waals surface area contributed by atoms with E-state index in [1.807, 2.05) is 23.6 Å². The second-order valence-electron chi connectivity index (χ2n) is 6.52. The van der Waals surface area contributed by atoms with Crippen molar-refractivity contribution in [3.8, 4) is 6.01 Å². The van der Waals surface area contributed by atoms with Crippen LogP contribution in [-0.2, 0) is 17.9 Å². The zero-order chi connectivity index (χ0) is 22.0. The van der Waals surface area contributed by atoms with Crippen LogP contribution in [0.25, 0.3) is 10.1 Å². The van der Waals surface area contributed by atoms with Crippen LogP contribution in [-0.4, -0.2) is 14.6 Å². The standard InChI is InChI=1S/C20H14Cl3N3O4S/c21-13-4-5-15(17(23)8-13)18(9-25-7-6-24-20(25)30-26(27)28)29-10-12-11-31-19-14(12)2-1-3-16(19)22/h1-8,11,18H,9-10H2/t18-/m1/s1. The van der Waals surface area contributed by atoms with Crippen molar-refractivity contribution in [2.45, 2.75) is 19.3 Å². The fraction of sp³-hybridized carbons (Fsp3) is 0.150. The summed E-state index contributed by atoms with van der Waals surface area (Å²) in [5.41, 5.74) is 1.66. The predicted molar refractivity (Wildman–Crippen MR) is 121 cm³/mol. The van der Waals surface area contributed by atoms with Gasteiger partial charge in [-0.25, -0.2) is 9.82 Å². The van der Waals surface area contributed by atoms with Crippen molar-refractivity contribution >= 4 is 56.2 Å². The number of rotatable bonds is 8. The summed E-state index contributed by atoms with van der Waals surface area (Å²) in [5.74, 6) is 0. The summed E-state index contributed by atoms with van der Waals surface area (Å²) in [6.07, 6.45) is 2.43. The summed E-state index contributed by atoms with van der Waals surface area (Å²) in [4.78, 5) is 19.2. The lowest BCUT2D eigenvalue weighted by Crippen LogP contribution is -2.16. The fourth-order valence-electron chi connectivity index (χ4n) is 3.16. The second-order valence-corrected chi connectivity index (χ2v) is 8.65. The summed E-state index contributed by atoms with van der Waals surface area (Å²) in [7, 11) is 0. The average Bonchev–Trinajstić information content (AvgIpc) is 3.32. The molecule has 4 rings (SSSR count). The lowest BCUT2D eigenvalue weighted by atomic mass is 10.1. The molecule has 0 radical (unpaired) electrons. The van der Waals surface area contributed by atoms with E-state index >= 15 is 0 Å². The van der Waals surface area contributed by atoms with E-state index in [0.717, 1.165) is 15.6 Å². The highest BCUT2D eigenvalue weighted by Crippen LogP contribution is 2.35. The Balaban J connectivity index is 1.63. The van der Waals surface area contributed by atoms with Crippen LogP contribution in [0, 0.1) is 10.1 Å². The van der Waals surface area contributed by atoms with E-state index in [-0.39, 0.29) is 19.2 Å². The Kier molecular flexibility index (Phi) is 6.64. The van der Waals surface area contributed by atoms with Gasteiger partial charge >= 0.3 is 5.09 Å². The minimum atomic E-state index is -0.912.